The molecule has 0 radical (unpaired) electrons. The normalized spacial score (nSPS) is 24.1. The Morgan fingerprint density at radius 2 is 2.00 bits per heavy atom. The molecule has 0 amide bonds. The molecule has 0 bridgehead atoms. The lowest BCUT2D eigenvalue weighted by Gasteiger charge is -2.34. The number of nitrogens with zero attached hydrogens (tertiary/aromatic N) is 2. The molecule has 2 N–H and O–H groups in total. The van der Waals surface area contributed by atoms with E-state index >= 15 is 0 Å². The minimum Gasteiger partial charge on any atom is -0.379 e. The van der Waals surface area contributed by atoms with Crippen molar-refractivity contribution in [1.29, 1.82) is 0 Å². The van der Waals surface area contributed by atoms with Crippen molar-refractivity contribution in [2.45, 2.75) is 32.4 Å². The zero-order valence-corrected chi connectivity index (χ0v) is 17.7. The van der Waals surface area contributed by atoms with Gasteiger partial charge in [-0.1, -0.05) is 29.8 Å². The monoisotopic (exact) mass is 408 g/mol. The van der Waals surface area contributed by atoms with Crippen LogP contribution in [0.5, 0.6) is 0 Å². The first-order valence-electron chi connectivity index (χ1n) is 10.1. The maximum absolute atomic E-state index is 11.7. The zero-order valence-electron chi connectivity index (χ0n) is 16.9. The number of morpholine rings is 1. The molecule has 2 unspecified atom stereocenters. The molecule has 2 heterocycles. The van der Waals surface area contributed by atoms with E-state index in [4.69, 9.17) is 9.73 Å². The molecule has 3 rings (SSSR count). The first kappa shape index (κ1) is 21.1. The topological polar surface area (TPSA) is 83.0 Å². The molecule has 1 aromatic rings. The predicted molar refractivity (Wildman–Crippen MR) is 112 cm³/mol. The van der Waals surface area contributed by atoms with E-state index in [9.17, 15) is 8.42 Å². The third-order valence-electron chi connectivity index (χ3n) is 5.29. The minimum absolute atomic E-state index is 0.0657. The van der Waals surface area contributed by atoms with Crippen LogP contribution in [-0.2, 0) is 14.6 Å². The van der Waals surface area contributed by atoms with Crippen LogP contribution in [0.1, 0.15) is 30.5 Å². The van der Waals surface area contributed by atoms with Gasteiger partial charge in [-0.25, -0.2) is 8.42 Å². The van der Waals surface area contributed by atoms with Gasteiger partial charge in [0, 0.05) is 25.7 Å². The van der Waals surface area contributed by atoms with E-state index in [1.165, 1.54) is 11.1 Å². The van der Waals surface area contributed by atoms with E-state index in [1.54, 1.807) is 0 Å². The number of aryl methyl sites for hydroxylation is 1. The molecule has 2 fully saturated rings. The smallest absolute Gasteiger partial charge is 0.191 e. The molecule has 2 saturated heterocycles. The van der Waals surface area contributed by atoms with Gasteiger partial charge in [0.05, 0.1) is 37.3 Å². The predicted octanol–water partition coefficient (Wildman–Crippen LogP) is 1.11. The van der Waals surface area contributed by atoms with Crippen molar-refractivity contribution in [3.05, 3.63) is 35.4 Å². The van der Waals surface area contributed by atoms with Gasteiger partial charge in [0.1, 0.15) is 0 Å². The second-order valence-electron chi connectivity index (χ2n) is 7.54. The van der Waals surface area contributed by atoms with Crippen LogP contribution in [0.4, 0.5) is 0 Å². The van der Waals surface area contributed by atoms with Crippen LogP contribution in [0.15, 0.2) is 29.3 Å². The fourth-order valence-electron chi connectivity index (χ4n) is 3.71. The summed E-state index contributed by atoms with van der Waals surface area (Å²) in [6.45, 7) is 8.71. The van der Waals surface area contributed by atoms with Crippen molar-refractivity contribution >= 4 is 15.8 Å². The summed E-state index contributed by atoms with van der Waals surface area (Å²) in [4.78, 5) is 7.23. The molecule has 2 atom stereocenters. The summed E-state index contributed by atoms with van der Waals surface area (Å²) in [5.41, 5.74) is 2.49. The maximum atomic E-state index is 11.7. The zero-order chi connectivity index (χ0) is 20.0. The lowest BCUT2D eigenvalue weighted by molar-refractivity contribution is 0.0179. The summed E-state index contributed by atoms with van der Waals surface area (Å²) in [6.07, 6.45) is 0.637. The van der Waals surface area contributed by atoms with Crippen molar-refractivity contribution in [3.8, 4) is 0 Å². The number of hydrogen-bond donors (Lipinski definition) is 2. The van der Waals surface area contributed by atoms with E-state index < -0.39 is 9.84 Å². The molecule has 7 nitrogen and oxygen atoms in total. The van der Waals surface area contributed by atoms with Crippen molar-refractivity contribution in [1.82, 2.24) is 15.5 Å². The Kier molecular flexibility index (Phi) is 7.31. The van der Waals surface area contributed by atoms with Crippen LogP contribution in [-0.4, -0.2) is 76.2 Å². The van der Waals surface area contributed by atoms with E-state index in [2.05, 4.69) is 46.7 Å². The first-order valence-corrected chi connectivity index (χ1v) is 11.9. The van der Waals surface area contributed by atoms with E-state index in [-0.39, 0.29) is 23.6 Å². The molecule has 0 aliphatic carbocycles. The van der Waals surface area contributed by atoms with Crippen LogP contribution < -0.4 is 10.6 Å². The lowest BCUT2D eigenvalue weighted by Crippen LogP contribution is -2.45. The first-order chi connectivity index (χ1) is 13.5. The Balaban J connectivity index is 1.73. The summed E-state index contributed by atoms with van der Waals surface area (Å²) < 4.78 is 29.0. The Bertz CT molecular complexity index is 758. The molecule has 28 heavy (non-hydrogen) atoms. The summed E-state index contributed by atoms with van der Waals surface area (Å²) in [6, 6.07) is 8.74. The van der Waals surface area contributed by atoms with Gasteiger partial charge in [-0.05, 0) is 25.8 Å². The third kappa shape index (κ3) is 5.93. The quantitative estimate of drug-likeness (QED) is 0.542. The number of rotatable bonds is 6. The summed E-state index contributed by atoms with van der Waals surface area (Å²) >= 11 is 0. The SMILES string of the molecule is CCNC(=NCC(c1ccc(C)cc1)N1CCOCC1)NC1CCS(=O)(=O)C1. The highest BCUT2D eigenvalue weighted by Crippen LogP contribution is 2.23. The number of hydrogen-bond acceptors (Lipinski definition) is 5. The molecule has 2 aliphatic heterocycles. The average molecular weight is 409 g/mol. The second-order valence-corrected chi connectivity index (χ2v) is 9.77. The summed E-state index contributed by atoms with van der Waals surface area (Å²) in [7, 11) is -2.92. The Morgan fingerprint density at radius 1 is 1.29 bits per heavy atom. The van der Waals surface area contributed by atoms with Crippen molar-refractivity contribution in [2.24, 2.45) is 4.99 Å². The van der Waals surface area contributed by atoms with Crippen LogP contribution in [0.3, 0.4) is 0 Å². The second kappa shape index (κ2) is 9.71. The highest BCUT2D eigenvalue weighted by atomic mass is 32.2. The molecule has 1 aromatic carbocycles. The van der Waals surface area contributed by atoms with Gasteiger partial charge in [-0.15, -0.1) is 0 Å². The summed E-state index contributed by atoms with van der Waals surface area (Å²) in [5.74, 6) is 1.13. The highest BCUT2D eigenvalue weighted by Gasteiger charge is 2.28. The van der Waals surface area contributed by atoms with E-state index in [0.29, 0.717) is 18.9 Å². The van der Waals surface area contributed by atoms with Crippen LogP contribution >= 0.6 is 0 Å². The number of guanidine groups is 1. The van der Waals surface area contributed by atoms with Gasteiger partial charge >= 0.3 is 0 Å². The van der Waals surface area contributed by atoms with E-state index in [0.717, 1.165) is 32.8 Å². The third-order valence-corrected chi connectivity index (χ3v) is 7.06. The molecule has 2 aliphatic rings. The number of aliphatic imine (C=N–C) groups is 1. The van der Waals surface area contributed by atoms with Crippen LogP contribution in [0.2, 0.25) is 0 Å². The van der Waals surface area contributed by atoms with Crippen molar-refractivity contribution < 1.29 is 13.2 Å². The number of benzene rings is 1. The number of sulfone groups is 1. The highest BCUT2D eigenvalue weighted by molar-refractivity contribution is 7.91. The van der Waals surface area contributed by atoms with Gasteiger partial charge < -0.3 is 15.4 Å². The van der Waals surface area contributed by atoms with E-state index in [1.807, 2.05) is 6.92 Å². The molecule has 0 spiro atoms. The van der Waals surface area contributed by atoms with Gasteiger partial charge in [-0.2, -0.15) is 0 Å². The molecule has 156 valence electrons. The molecule has 0 aromatic heterocycles. The molecule has 0 saturated carbocycles. The van der Waals surface area contributed by atoms with Crippen molar-refractivity contribution in [3.63, 3.8) is 0 Å². The molecule has 8 heteroatoms. The van der Waals surface area contributed by atoms with Crippen LogP contribution in [0.25, 0.3) is 0 Å². The minimum atomic E-state index is -2.92. The number of ether oxygens (including phenoxy) is 1. The lowest BCUT2D eigenvalue weighted by atomic mass is 10.0. The number of nitrogens with one attached hydrogen (secondary N) is 2. The van der Waals surface area contributed by atoms with Gasteiger partial charge in [-0.3, -0.25) is 9.89 Å². The average Bonchev–Trinajstić information content (AvgIpc) is 3.02. The van der Waals surface area contributed by atoms with Crippen molar-refractivity contribution in [2.75, 3.05) is 50.9 Å². The standard InChI is InChI=1S/C20H32N4O3S/c1-3-21-20(23-18-8-13-28(25,26)15-18)22-14-19(24-9-11-27-12-10-24)17-6-4-16(2)5-7-17/h4-7,18-19H,3,8-15H2,1-2H3,(H2,21,22,23). The Morgan fingerprint density at radius 3 is 2.61 bits per heavy atom. The Hall–Kier alpha value is -1.64. The maximum Gasteiger partial charge on any atom is 0.191 e. The largest absolute Gasteiger partial charge is 0.379 e. The molecular formula is C20H32N4O3S. The van der Waals surface area contributed by atoms with Gasteiger partial charge in [0.2, 0.25) is 0 Å². The Labute approximate surface area is 168 Å². The fourth-order valence-corrected chi connectivity index (χ4v) is 5.38. The molecular weight excluding hydrogens is 376 g/mol. The van der Waals surface area contributed by atoms with Gasteiger partial charge in [0.15, 0.2) is 15.8 Å². The summed E-state index contributed by atoms with van der Waals surface area (Å²) in [5, 5.41) is 6.56. The van der Waals surface area contributed by atoms with Crippen LogP contribution in [0, 0.1) is 6.92 Å². The fraction of sp³-hybridized carbons (Fsp3) is 0.650. The van der Waals surface area contributed by atoms with Gasteiger partial charge in [0.25, 0.3) is 0 Å².